The molecule has 2 aromatic carbocycles. The molecule has 0 heterocycles. The highest BCUT2D eigenvalue weighted by molar-refractivity contribution is 9.10. The Balaban J connectivity index is 2.05. The lowest BCUT2D eigenvalue weighted by molar-refractivity contribution is 0.185. The van der Waals surface area contributed by atoms with Crippen molar-refractivity contribution in [3.05, 3.63) is 63.9 Å². The van der Waals surface area contributed by atoms with Crippen molar-refractivity contribution in [1.82, 2.24) is 0 Å². The minimum absolute atomic E-state index is 0.205. The molecule has 100 valence electrons. The average molecular weight is 324 g/mol. The van der Waals surface area contributed by atoms with Gasteiger partial charge in [-0.15, -0.1) is 0 Å². The summed E-state index contributed by atoms with van der Waals surface area (Å²) < 4.78 is 19.6. The van der Waals surface area contributed by atoms with Gasteiger partial charge in [-0.05, 0) is 35.9 Å². The summed E-state index contributed by atoms with van der Waals surface area (Å²) >= 11 is 3.34. The molecule has 4 heteroatoms. The third-order valence-corrected chi connectivity index (χ3v) is 3.22. The monoisotopic (exact) mass is 323 g/mol. The first-order valence-electron chi connectivity index (χ1n) is 5.94. The molecular weight excluding hydrogens is 309 g/mol. The van der Waals surface area contributed by atoms with Crippen LogP contribution in [0.1, 0.15) is 11.1 Å². The Morgan fingerprint density at radius 3 is 2.84 bits per heavy atom. The van der Waals surface area contributed by atoms with Crippen molar-refractivity contribution in [3.63, 3.8) is 0 Å². The van der Waals surface area contributed by atoms with Crippen molar-refractivity contribution >= 4 is 21.6 Å². The first-order chi connectivity index (χ1) is 9.19. The Morgan fingerprint density at radius 2 is 2.05 bits per heavy atom. The van der Waals surface area contributed by atoms with Crippen molar-refractivity contribution < 1.29 is 9.13 Å². The van der Waals surface area contributed by atoms with Gasteiger partial charge in [0.25, 0.3) is 0 Å². The number of rotatable bonds is 5. The average Bonchev–Trinajstić information content (AvgIpc) is 2.41. The molecule has 0 saturated carbocycles. The van der Waals surface area contributed by atoms with Crippen molar-refractivity contribution in [2.75, 3.05) is 12.4 Å². The fraction of sp³-hybridized carbons (Fsp3) is 0.200. The number of ether oxygens (including phenoxy) is 1. The van der Waals surface area contributed by atoms with E-state index in [1.807, 2.05) is 24.3 Å². The predicted molar refractivity (Wildman–Crippen MR) is 78.6 cm³/mol. The summed E-state index contributed by atoms with van der Waals surface area (Å²) in [7, 11) is 1.66. The minimum Gasteiger partial charge on any atom is -0.381 e. The van der Waals surface area contributed by atoms with Crippen LogP contribution in [0.2, 0.25) is 0 Å². The molecule has 0 saturated heterocycles. The number of hydrogen-bond acceptors (Lipinski definition) is 2. The highest BCUT2D eigenvalue weighted by atomic mass is 79.9. The normalized spacial score (nSPS) is 10.5. The van der Waals surface area contributed by atoms with Crippen molar-refractivity contribution in [2.45, 2.75) is 13.2 Å². The summed E-state index contributed by atoms with van der Waals surface area (Å²) in [5.74, 6) is -0.205. The number of benzene rings is 2. The summed E-state index contributed by atoms with van der Waals surface area (Å²) in [6, 6.07) is 12.8. The van der Waals surface area contributed by atoms with Gasteiger partial charge in [0.05, 0.1) is 6.61 Å². The molecule has 0 amide bonds. The molecule has 0 spiro atoms. The first-order valence-corrected chi connectivity index (χ1v) is 6.74. The van der Waals surface area contributed by atoms with Crippen molar-refractivity contribution in [3.8, 4) is 0 Å². The van der Waals surface area contributed by atoms with Gasteiger partial charge in [0.15, 0.2) is 0 Å². The highest BCUT2D eigenvalue weighted by Crippen LogP contribution is 2.18. The lowest BCUT2D eigenvalue weighted by atomic mass is 10.2. The van der Waals surface area contributed by atoms with Gasteiger partial charge in [0.2, 0.25) is 0 Å². The molecule has 0 bridgehead atoms. The van der Waals surface area contributed by atoms with Crippen LogP contribution in [0.25, 0.3) is 0 Å². The zero-order chi connectivity index (χ0) is 13.7. The van der Waals surface area contributed by atoms with E-state index in [-0.39, 0.29) is 5.82 Å². The Hall–Kier alpha value is -1.39. The Kier molecular flexibility index (Phi) is 4.93. The molecule has 0 fully saturated rings. The molecule has 0 aliphatic rings. The predicted octanol–water partition coefficient (Wildman–Crippen LogP) is 4.35. The topological polar surface area (TPSA) is 21.3 Å². The fourth-order valence-electron chi connectivity index (χ4n) is 1.81. The SMILES string of the molecule is COCc1cccc(NCc2cc(Br)ccc2F)c1. The molecule has 2 nitrogen and oxygen atoms in total. The van der Waals surface area contributed by atoms with Gasteiger partial charge < -0.3 is 10.1 Å². The summed E-state index contributed by atoms with van der Waals surface area (Å²) in [4.78, 5) is 0. The van der Waals surface area contributed by atoms with E-state index in [0.29, 0.717) is 18.7 Å². The summed E-state index contributed by atoms with van der Waals surface area (Å²) in [6.45, 7) is 1.02. The van der Waals surface area contributed by atoms with E-state index < -0.39 is 0 Å². The lowest BCUT2D eigenvalue weighted by Crippen LogP contribution is -2.02. The van der Waals surface area contributed by atoms with Crippen LogP contribution in [0, 0.1) is 5.82 Å². The van der Waals surface area contributed by atoms with Gasteiger partial charge in [-0.3, -0.25) is 0 Å². The second-order valence-electron chi connectivity index (χ2n) is 4.22. The molecular formula is C15H15BrFNO. The third kappa shape index (κ3) is 4.04. The Morgan fingerprint density at radius 1 is 1.21 bits per heavy atom. The van der Waals surface area contributed by atoms with Gasteiger partial charge in [0.1, 0.15) is 5.82 Å². The molecule has 0 aliphatic heterocycles. The Labute approximate surface area is 120 Å². The van der Waals surface area contributed by atoms with Crippen LogP contribution in [-0.2, 0) is 17.9 Å². The maximum Gasteiger partial charge on any atom is 0.128 e. The zero-order valence-electron chi connectivity index (χ0n) is 10.6. The first kappa shape index (κ1) is 14.0. The fourth-order valence-corrected chi connectivity index (χ4v) is 2.22. The quantitative estimate of drug-likeness (QED) is 0.883. The van der Waals surface area contributed by atoms with Crippen LogP contribution in [0.5, 0.6) is 0 Å². The van der Waals surface area contributed by atoms with Gasteiger partial charge >= 0.3 is 0 Å². The number of methoxy groups -OCH3 is 1. The van der Waals surface area contributed by atoms with E-state index in [4.69, 9.17) is 4.74 Å². The van der Waals surface area contributed by atoms with E-state index in [2.05, 4.69) is 21.2 Å². The smallest absolute Gasteiger partial charge is 0.128 e. The van der Waals surface area contributed by atoms with Crippen LogP contribution in [0.4, 0.5) is 10.1 Å². The number of anilines is 1. The Bertz CT molecular complexity index is 560. The molecule has 0 unspecified atom stereocenters. The van der Waals surface area contributed by atoms with Crippen molar-refractivity contribution in [2.24, 2.45) is 0 Å². The maximum absolute atomic E-state index is 13.6. The van der Waals surface area contributed by atoms with Crippen LogP contribution in [0.15, 0.2) is 46.9 Å². The maximum atomic E-state index is 13.6. The minimum atomic E-state index is -0.205. The van der Waals surface area contributed by atoms with Crippen LogP contribution in [-0.4, -0.2) is 7.11 Å². The second kappa shape index (κ2) is 6.68. The summed E-state index contributed by atoms with van der Waals surface area (Å²) in [5.41, 5.74) is 2.67. The standard InChI is InChI=1S/C15H15BrFNO/c1-19-10-11-3-2-4-14(7-11)18-9-12-8-13(16)5-6-15(12)17/h2-8,18H,9-10H2,1H3. The summed E-state index contributed by atoms with van der Waals surface area (Å²) in [6.07, 6.45) is 0. The van der Waals surface area contributed by atoms with Crippen molar-refractivity contribution in [1.29, 1.82) is 0 Å². The zero-order valence-corrected chi connectivity index (χ0v) is 12.2. The molecule has 0 radical (unpaired) electrons. The molecule has 1 N–H and O–H groups in total. The molecule has 2 aromatic rings. The number of nitrogens with one attached hydrogen (secondary N) is 1. The highest BCUT2D eigenvalue weighted by Gasteiger charge is 2.03. The largest absolute Gasteiger partial charge is 0.381 e. The van der Waals surface area contributed by atoms with E-state index >= 15 is 0 Å². The van der Waals surface area contributed by atoms with Gasteiger partial charge in [-0.2, -0.15) is 0 Å². The van der Waals surface area contributed by atoms with Gasteiger partial charge in [-0.25, -0.2) is 4.39 Å². The van der Waals surface area contributed by atoms with Crippen LogP contribution >= 0.6 is 15.9 Å². The molecule has 0 aliphatic carbocycles. The molecule has 0 atom stereocenters. The van der Waals surface area contributed by atoms with Gasteiger partial charge in [-0.1, -0.05) is 28.1 Å². The van der Waals surface area contributed by atoms with Gasteiger partial charge in [0, 0.05) is 29.4 Å². The van der Waals surface area contributed by atoms with Crippen LogP contribution in [0.3, 0.4) is 0 Å². The lowest BCUT2D eigenvalue weighted by Gasteiger charge is -2.09. The number of hydrogen-bond donors (Lipinski definition) is 1. The van der Waals surface area contributed by atoms with E-state index in [1.54, 1.807) is 19.2 Å². The third-order valence-electron chi connectivity index (χ3n) is 2.73. The van der Waals surface area contributed by atoms with E-state index in [9.17, 15) is 4.39 Å². The molecule has 0 aromatic heterocycles. The number of halogens is 2. The molecule has 19 heavy (non-hydrogen) atoms. The van der Waals surface area contributed by atoms with E-state index in [0.717, 1.165) is 15.7 Å². The van der Waals surface area contributed by atoms with Crippen LogP contribution < -0.4 is 5.32 Å². The van der Waals surface area contributed by atoms with E-state index in [1.165, 1.54) is 6.07 Å². The molecule has 2 rings (SSSR count). The second-order valence-corrected chi connectivity index (χ2v) is 5.14. The summed E-state index contributed by atoms with van der Waals surface area (Å²) in [5, 5.41) is 3.21.